The van der Waals surface area contributed by atoms with Gasteiger partial charge in [0.1, 0.15) is 5.56 Å². The molecule has 1 fully saturated rings. The lowest BCUT2D eigenvalue weighted by atomic mass is 9.95. The highest BCUT2D eigenvalue weighted by Crippen LogP contribution is 2.18. The summed E-state index contributed by atoms with van der Waals surface area (Å²) < 4.78 is 0. The molecule has 1 aromatic heterocycles. The summed E-state index contributed by atoms with van der Waals surface area (Å²) in [5.74, 6) is -0.242. The third kappa shape index (κ3) is 3.66. The maximum atomic E-state index is 12.3. The monoisotopic (exact) mass is 311 g/mol. The summed E-state index contributed by atoms with van der Waals surface area (Å²) in [6.07, 6.45) is 6.15. The number of H-pyrrole nitrogens is 1. The van der Waals surface area contributed by atoms with Crippen molar-refractivity contribution >= 4 is 18.3 Å². The van der Waals surface area contributed by atoms with Gasteiger partial charge in [0.25, 0.3) is 11.5 Å². The zero-order valence-electron chi connectivity index (χ0n) is 12.0. The Morgan fingerprint density at radius 3 is 2.81 bits per heavy atom. The van der Waals surface area contributed by atoms with Crippen LogP contribution in [0.1, 0.15) is 47.3 Å². The van der Waals surface area contributed by atoms with E-state index in [1.807, 2.05) is 0 Å². The van der Waals surface area contributed by atoms with E-state index >= 15 is 0 Å². The molecule has 1 atom stereocenters. The molecule has 1 aliphatic carbocycles. The second-order valence-electron chi connectivity index (χ2n) is 5.74. The van der Waals surface area contributed by atoms with Gasteiger partial charge >= 0.3 is 0 Å². The second-order valence-corrected chi connectivity index (χ2v) is 5.74. The molecule has 1 amide bonds. The van der Waals surface area contributed by atoms with Crippen LogP contribution in [0.2, 0.25) is 0 Å². The Labute approximate surface area is 130 Å². The Kier molecular flexibility index (Phi) is 5.42. The maximum Gasteiger partial charge on any atom is 0.261 e. The number of carbonyl (C=O) groups is 1. The minimum Gasteiger partial charge on any atom is -0.348 e. The van der Waals surface area contributed by atoms with Gasteiger partial charge in [0.05, 0.1) is 0 Å². The molecule has 5 nitrogen and oxygen atoms in total. The van der Waals surface area contributed by atoms with Gasteiger partial charge in [-0.3, -0.25) is 9.59 Å². The molecule has 0 radical (unpaired) electrons. The predicted octanol–water partition coefficient (Wildman–Crippen LogP) is 1.16. The molecule has 3 rings (SSSR count). The highest BCUT2D eigenvalue weighted by Gasteiger charge is 2.20. The van der Waals surface area contributed by atoms with Crippen LogP contribution in [0.4, 0.5) is 0 Å². The summed E-state index contributed by atoms with van der Waals surface area (Å²) in [5.41, 5.74) is 2.14. The molecule has 3 N–H and O–H groups in total. The number of aromatic amines is 1. The van der Waals surface area contributed by atoms with E-state index in [1.165, 1.54) is 0 Å². The first kappa shape index (κ1) is 16.0. The van der Waals surface area contributed by atoms with Gasteiger partial charge in [0, 0.05) is 18.3 Å². The van der Waals surface area contributed by atoms with Crippen molar-refractivity contribution in [1.29, 1.82) is 0 Å². The summed E-state index contributed by atoms with van der Waals surface area (Å²) >= 11 is 0. The normalized spacial score (nSPS) is 21.0. The Morgan fingerprint density at radius 2 is 2.05 bits per heavy atom. The molecule has 0 saturated carbocycles. The summed E-state index contributed by atoms with van der Waals surface area (Å²) in [7, 11) is 0. The van der Waals surface area contributed by atoms with E-state index in [-0.39, 0.29) is 35.5 Å². The Hall–Kier alpha value is -1.33. The van der Waals surface area contributed by atoms with E-state index < -0.39 is 0 Å². The topological polar surface area (TPSA) is 74.0 Å². The molecule has 6 heteroatoms. The molecule has 0 unspecified atom stereocenters. The fourth-order valence-electron chi connectivity index (χ4n) is 3.08. The van der Waals surface area contributed by atoms with Gasteiger partial charge in [0.15, 0.2) is 0 Å². The number of aromatic nitrogens is 1. The lowest BCUT2D eigenvalue weighted by Crippen LogP contribution is -2.46. The summed E-state index contributed by atoms with van der Waals surface area (Å²) in [4.78, 5) is 27.2. The van der Waals surface area contributed by atoms with Gasteiger partial charge in [-0.1, -0.05) is 0 Å². The molecule has 1 aliphatic heterocycles. The number of piperidine rings is 1. The smallest absolute Gasteiger partial charge is 0.261 e. The van der Waals surface area contributed by atoms with Crippen LogP contribution in [0.15, 0.2) is 10.9 Å². The molecule has 116 valence electrons. The fraction of sp³-hybridized carbons (Fsp3) is 0.600. The lowest BCUT2D eigenvalue weighted by Gasteiger charge is -2.24. The van der Waals surface area contributed by atoms with E-state index in [0.29, 0.717) is 0 Å². The van der Waals surface area contributed by atoms with Crippen LogP contribution in [0.5, 0.6) is 0 Å². The average molecular weight is 312 g/mol. The number of carbonyl (C=O) groups excluding carboxylic acids is 1. The van der Waals surface area contributed by atoms with Crippen LogP contribution >= 0.6 is 12.4 Å². The molecule has 1 saturated heterocycles. The first-order valence-electron chi connectivity index (χ1n) is 7.50. The molecule has 21 heavy (non-hydrogen) atoms. The highest BCUT2D eigenvalue weighted by atomic mass is 35.5. The molecule has 2 heterocycles. The van der Waals surface area contributed by atoms with E-state index in [4.69, 9.17) is 0 Å². The van der Waals surface area contributed by atoms with Crippen molar-refractivity contribution in [2.45, 2.75) is 44.6 Å². The van der Waals surface area contributed by atoms with Crippen molar-refractivity contribution < 1.29 is 4.79 Å². The van der Waals surface area contributed by atoms with Gasteiger partial charge in [0.2, 0.25) is 0 Å². The quantitative estimate of drug-likeness (QED) is 0.767. The van der Waals surface area contributed by atoms with Crippen LogP contribution in [-0.4, -0.2) is 30.0 Å². The molecule has 2 aliphatic rings. The second kappa shape index (κ2) is 7.09. The molecular weight excluding hydrogens is 290 g/mol. The Morgan fingerprint density at radius 1 is 1.24 bits per heavy atom. The summed E-state index contributed by atoms with van der Waals surface area (Å²) in [5, 5.41) is 6.22. The van der Waals surface area contributed by atoms with Crippen LogP contribution in [-0.2, 0) is 12.8 Å². The van der Waals surface area contributed by atoms with Gasteiger partial charge in [-0.05, 0) is 56.7 Å². The number of halogens is 1. The number of rotatable bonds is 2. The van der Waals surface area contributed by atoms with Crippen LogP contribution in [0.3, 0.4) is 0 Å². The van der Waals surface area contributed by atoms with Gasteiger partial charge < -0.3 is 15.6 Å². The zero-order valence-corrected chi connectivity index (χ0v) is 12.9. The van der Waals surface area contributed by atoms with Crippen molar-refractivity contribution in [2.75, 3.05) is 13.1 Å². The first-order chi connectivity index (χ1) is 9.74. The minimum absolute atomic E-state index is 0. The van der Waals surface area contributed by atoms with Crippen molar-refractivity contribution in [1.82, 2.24) is 15.6 Å². The number of aryl methyl sites for hydroxylation is 2. The maximum absolute atomic E-state index is 12.3. The molecule has 1 aromatic rings. The van der Waals surface area contributed by atoms with Crippen molar-refractivity contribution in [3.05, 3.63) is 33.2 Å². The van der Waals surface area contributed by atoms with E-state index in [2.05, 4.69) is 15.6 Å². The van der Waals surface area contributed by atoms with Crippen LogP contribution in [0.25, 0.3) is 0 Å². The number of hydrogen-bond acceptors (Lipinski definition) is 3. The lowest BCUT2D eigenvalue weighted by molar-refractivity contribution is 0.0929. The number of fused-ring (bicyclic) bond motifs is 1. The molecular formula is C15H22ClN3O2. The van der Waals surface area contributed by atoms with Crippen LogP contribution in [0, 0.1) is 0 Å². The van der Waals surface area contributed by atoms with Crippen molar-refractivity contribution in [2.24, 2.45) is 0 Å². The van der Waals surface area contributed by atoms with Crippen LogP contribution < -0.4 is 16.2 Å². The SMILES string of the molecule is Cl.O=C(N[C@H]1CCCNC1)c1cc2c([nH]c1=O)CCCC2. The molecule has 0 spiro atoms. The molecule has 0 aromatic carbocycles. The van der Waals surface area contributed by atoms with E-state index in [0.717, 1.165) is 62.9 Å². The van der Waals surface area contributed by atoms with Gasteiger partial charge in [-0.2, -0.15) is 0 Å². The average Bonchev–Trinajstić information content (AvgIpc) is 2.47. The van der Waals surface area contributed by atoms with Gasteiger partial charge in [-0.15, -0.1) is 12.4 Å². The third-order valence-corrected chi connectivity index (χ3v) is 4.21. The summed E-state index contributed by atoms with van der Waals surface area (Å²) in [6.45, 7) is 1.79. The van der Waals surface area contributed by atoms with Gasteiger partial charge in [-0.25, -0.2) is 0 Å². The van der Waals surface area contributed by atoms with E-state index in [9.17, 15) is 9.59 Å². The highest BCUT2D eigenvalue weighted by molar-refractivity contribution is 5.94. The Balaban J connectivity index is 0.00000161. The number of amides is 1. The fourth-order valence-corrected chi connectivity index (χ4v) is 3.08. The van der Waals surface area contributed by atoms with E-state index in [1.54, 1.807) is 6.07 Å². The third-order valence-electron chi connectivity index (χ3n) is 4.21. The predicted molar refractivity (Wildman–Crippen MR) is 84.3 cm³/mol. The first-order valence-corrected chi connectivity index (χ1v) is 7.50. The zero-order chi connectivity index (χ0) is 13.9. The largest absolute Gasteiger partial charge is 0.348 e. The van der Waals surface area contributed by atoms with Crippen molar-refractivity contribution in [3.63, 3.8) is 0 Å². The van der Waals surface area contributed by atoms with Crippen molar-refractivity contribution in [3.8, 4) is 0 Å². The standard InChI is InChI=1S/C15H21N3O2.ClH/c19-14(17-11-5-3-7-16-9-11)12-8-10-4-1-2-6-13(10)18-15(12)20;/h8,11,16H,1-7,9H2,(H,17,19)(H,18,20);1H/t11-;/m0./s1. The molecule has 0 bridgehead atoms. The number of pyridine rings is 1. The Bertz CT molecular complexity index is 565. The number of nitrogens with one attached hydrogen (secondary N) is 3. The summed E-state index contributed by atoms with van der Waals surface area (Å²) in [6, 6.07) is 1.92. The number of hydrogen-bond donors (Lipinski definition) is 3. The minimum atomic E-state index is -0.257.